The van der Waals surface area contributed by atoms with Crippen molar-refractivity contribution in [2.45, 2.75) is 37.3 Å². The highest BCUT2D eigenvalue weighted by atomic mass is 32.1. The minimum Gasteiger partial charge on any atom is -0.368 e. The fourth-order valence-electron chi connectivity index (χ4n) is 5.33. The summed E-state index contributed by atoms with van der Waals surface area (Å²) in [6, 6.07) is 12.5. The molecule has 4 atom stereocenters. The number of nitrogens with one attached hydrogen (secondary N) is 4. The van der Waals surface area contributed by atoms with Crippen LogP contribution in [-0.4, -0.2) is 78.5 Å². The molecule has 0 aliphatic carbocycles. The Morgan fingerprint density at radius 1 is 1.09 bits per heavy atom. The fourth-order valence-corrected chi connectivity index (χ4v) is 6.43. The van der Waals surface area contributed by atoms with Crippen LogP contribution in [0.4, 0.5) is 5.69 Å². The Morgan fingerprint density at radius 3 is 2.74 bits per heavy atom. The Morgan fingerprint density at radius 2 is 1.97 bits per heavy atom. The Kier molecular flexibility index (Phi) is 6.62. The molecule has 0 radical (unpaired) electrons. The van der Waals surface area contributed by atoms with Crippen LogP contribution >= 0.6 is 11.3 Å². The number of amides is 1. The van der Waals surface area contributed by atoms with Crippen LogP contribution in [0.25, 0.3) is 10.2 Å². The summed E-state index contributed by atoms with van der Waals surface area (Å²) in [4.78, 5) is 27.4. The molecule has 3 aromatic rings. The molecule has 6 rings (SSSR count). The van der Waals surface area contributed by atoms with Crippen LogP contribution in [0.3, 0.4) is 0 Å². The summed E-state index contributed by atoms with van der Waals surface area (Å²) in [5, 5.41) is 15.1. The number of piperidine rings is 1. The lowest BCUT2D eigenvalue weighted by atomic mass is 10.00. The molecule has 0 saturated carbocycles. The maximum Gasteiger partial charge on any atom is 0.235 e. The predicted molar refractivity (Wildman–Crippen MR) is 138 cm³/mol. The highest BCUT2D eigenvalue weighted by Crippen LogP contribution is 2.31. The second-order valence-corrected chi connectivity index (χ2v) is 10.6. The first-order valence-corrected chi connectivity index (χ1v) is 13.3. The van der Waals surface area contributed by atoms with Crippen molar-refractivity contribution in [3.8, 4) is 0 Å². The molecule has 9 nitrogen and oxygen atoms in total. The van der Waals surface area contributed by atoms with Gasteiger partial charge in [0.2, 0.25) is 5.91 Å². The zero-order chi connectivity index (χ0) is 23.6. The van der Waals surface area contributed by atoms with Crippen LogP contribution in [0.15, 0.2) is 48.8 Å². The van der Waals surface area contributed by atoms with Gasteiger partial charge in [-0.2, -0.15) is 0 Å². The Hall–Kier alpha value is -2.63. The summed E-state index contributed by atoms with van der Waals surface area (Å²) in [7, 11) is 0. The lowest BCUT2D eigenvalue weighted by Gasteiger charge is -2.46. The summed E-state index contributed by atoms with van der Waals surface area (Å²) in [6.07, 6.45) is 5.57. The molecule has 0 spiro atoms. The van der Waals surface area contributed by atoms with Gasteiger partial charge in [0.05, 0.1) is 28.3 Å². The van der Waals surface area contributed by atoms with Crippen molar-refractivity contribution < 1.29 is 4.79 Å². The van der Waals surface area contributed by atoms with Crippen molar-refractivity contribution in [2.75, 3.05) is 44.2 Å². The molecular formula is C25H32N8OS. The average Bonchev–Trinajstić information content (AvgIpc) is 3.33. The van der Waals surface area contributed by atoms with Gasteiger partial charge in [-0.1, -0.05) is 12.1 Å². The molecule has 4 N–H and O–H groups in total. The largest absolute Gasteiger partial charge is 0.368 e. The SMILES string of the molecule is O=C1NC(N2CCN(c3cccnc3)CC2)NC(N[C@@H]2CCCNC2)C1c1nc2ccccc2s1. The standard InChI is InChI=1S/C25H32N8OS/c34-23-21(24-29-19-7-1-2-8-20(19)35-24)22(28-17-5-3-9-26-15-17)30-25(31-23)33-13-11-32(12-14-33)18-6-4-10-27-16-18/h1-2,4,6-8,10,16-17,21-22,25-26,28,30H,3,5,9,11-15H2,(H,31,34)/t17-,21?,22?,25?/m1/s1. The maximum atomic E-state index is 13.6. The molecule has 3 aliphatic rings. The van der Waals surface area contributed by atoms with Crippen LogP contribution < -0.4 is 26.2 Å². The van der Waals surface area contributed by atoms with E-state index in [4.69, 9.17) is 4.98 Å². The smallest absolute Gasteiger partial charge is 0.235 e. The molecule has 3 fully saturated rings. The van der Waals surface area contributed by atoms with E-state index in [-0.39, 0.29) is 24.3 Å². The molecule has 1 amide bonds. The Labute approximate surface area is 209 Å². The highest BCUT2D eigenvalue weighted by Gasteiger charge is 2.42. The lowest BCUT2D eigenvalue weighted by molar-refractivity contribution is -0.129. The monoisotopic (exact) mass is 492 g/mol. The van der Waals surface area contributed by atoms with Crippen molar-refractivity contribution >= 4 is 33.1 Å². The van der Waals surface area contributed by atoms with Crippen LogP contribution in [-0.2, 0) is 4.79 Å². The number of carbonyl (C=O) groups is 1. The number of benzene rings is 1. The van der Waals surface area contributed by atoms with E-state index in [0.717, 1.165) is 73.0 Å². The molecule has 3 unspecified atom stereocenters. The van der Waals surface area contributed by atoms with Gasteiger partial charge in [0.25, 0.3) is 0 Å². The Balaban J connectivity index is 1.20. The molecule has 3 saturated heterocycles. The first-order valence-electron chi connectivity index (χ1n) is 12.5. The third kappa shape index (κ3) is 4.89. The third-order valence-corrected chi connectivity index (χ3v) is 8.33. The molecular weight excluding hydrogens is 460 g/mol. The number of thiazole rings is 1. The normalized spacial score (nSPS) is 28.2. The molecule has 1 aromatic carbocycles. The molecule has 3 aliphatic heterocycles. The van der Waals surface area contributed by atoms with Crippen molar-refractivity contribution in [1.29, 1.82) is 0 Å². The summed E-state index contributed by atoms with van der Waals surface area (Å²) in [5.74, 6) is -0.342. The molecule has 2 aromatic heterocycles. The molecule has 184 valence electrons. The van der Waals surface area contributed by atoms with Crippen LogP contribution in [0.1, 0.15) is 23.8 Å². The van der Waals surface area contributed by atoms with Gasteiger partial charge in [0.15, 0.2) is 0 Å². The third-order valence-electron chi connectivity index (χ3n) is 7.21. The van der Waals surface area contributed by atoms with Gasteiger partial charge >= 0.3 is 0 Å². The molecule has 10 heteroatoms. The van der Waals surface area contributed by atoms with Gasteiger partial charge < -0.3 is 15.5 Å². The number of nitrogens with zero attached hydrogens (tertiary/aromatic N) is 4. The van der Waals surface area contributed by atoms with Crippen LogP contribution in [0.2, 0.25) is 0 Å². The lowest BCUT2D eigenvalue weighted by Crippen LogP contribution is -2.72. The Bertz CT molecular complexity index is 1110. The number of pyridine rings is 1. The number of aromatic nitrogens is 2. The first-order chi connectivity index (χ1) is 17.2. The second-order valence-electron chi connectivity index (χ2n) is 9.50. The fraction of sp³-hybridized carbons (Fsp3) is 0.480. The number of hydrogen-bond acceptors (Lipinski definition) is 9. The van der Waals surface area contributed by atoms with Crippen molar-refractivity contribution in [2.24, 2.45) is 0 Å². The van der Waals surface area contributed by atoms with E-state index in [9.17, 15) is 4.79 Å². The summed E-state index contributed by atoms with van der Waals surface area (Å²) in [6.45, 7) is 5.48. The van der Waals surface area contributed by atoms with Crippen molar-refractivity contribution in [1.82, 2.24) is 36.1 Å². The quantitative estimate of drug-likeness (QED) is 0.423. The average molecular weight is 493 g/mol. The van der Waals surface area contributed by atoms with E-state index in [1.165, 1.54) is 0 Å². The van der Waals surface area contributed by atoms with Crippen molar-refractivity contribution in [3.63, 3.8) is 0 Å². The van der Waals surface area contributed by atoms with E-state index in [0.29, 0.717) is 6.04 Å². The van der Waals surface area contributed by atoms with Gasteiger partial charge in [-0.25, -0.2) is 4.98 Å². The topological polar surface area (TPSA) is 97.5 Å². The number of piperazine rings is 1. The maximum absolute atomic E-state index is 13.6. The number of hydrogen-bond donors (Lipinski definition) is 4. The summed E-state index contributed by atoms with van der Waals surface area (Å²) >= 11 is 1.61. The van der Waals surface area contributed by atoms with E-state index >= 15 is 0 Å². The van der Waals surface area contributed by atoms with Crippen LogP contribution in [0, 0.1) is 0 Å². The number of carbonyl (C=O) groups excluding carboxylic acids is 1. The van der Waals surface area contributed by atoms with Crippen LogP contribution in [0.5, 0.6) is 0 Å². The van der Waals surface area contributed by atoms with E-state index in [1.54, 1.807) is 17.5 Å². The van der Waals surface area contributed by atoms with E-state index in [2.05, 4.69) is 48.2 Å². The molecule has 35 heavy (non-hydrogen) atoms. The zero-order valence-corrected chi connectivity index (χ0v) is 20.5. The summed E-state index contributed by atoms with van der Waals surface area (Å²) < 4.78 is 1.11. The number of rotatable bonds is 5. The van der Waals surface area contributed by atoms with E-state index < -0.39 is 0 Å². The van der Waals surface area contributed by atoms with Gasteiger partial charge in [0.1, 0.15) is 17.2 Å². The number of fused-ring (bicyclic) bond motifs is 1. The van der Waals surface area contributed by atoms with E-state index in [1.807, 2.05) is 30.5 Å². The van der Waals surface area contributed by atoms with Gasteiger partial charge in [0, 0.05) is 45.0 Å². The zero-order valence-electron chi connectivity index (χ0n) is 19.7. The first kappa shape index (κ1) is 22.8. The van der Waals surface area contributed by atoms with Crippen molar-refractivity contribution in [3.05, 3.63) is 53.8 Å². The predicted octanol–water partition coefficient (Wildman–Crippen LogP) is 1.27. The van der Waals surface area contributed by atoms with Gasteiger partial charge in [-0.15, -0.1) is 11.3 Å². The second kappa shape index (κ2) is 10.2. The highest BCUT2D eigenvalue weighted by molar-refractivity contribution is 7.18. The van der Waals surface area contributed by atoms with Gasteiger partial charge in [-0.05, 0) is 43.7 Å². The minimum absolute atomic E-state index is 0.0313. The number of anilines is 1. The number of para-hydroxylation sites is 1. The van der Waals surface area contributed by atoms with Gasteiger partial charge in [-0.3, -0.25) is 25.3 Å². The molecule has 0 bridgehead atoms. The summed E-state index contributed by atoms with van der Waals surface area (Å²) in [5.41, 5.74) is 2.10. The minimum atomic E-state index is -0.373. The molecule has 5 heterocycles.